The third-order valence-electron chi connectivity index (χ3n) is 4.69. The molecule has 1 amide bonds. The first-order valence-electron chi connectivity index (χ1n) is 7.94. The van der Waals surface area contributed by atoms with E-state index < -0.39 is 15.8 Å². The average Bonchev–Trinajstić information content (AvgIpc) is 2.45. The second-order valence-electron chi connectivity index (χ2n) is 6.40. The topological polar surface area (TPSA) is 66.5 Å². The number of carbonyl (C=O) groups is 1. The van der Waals surface area contributed by atoms with Crippen molar-refractivity contribution < 1.29 is 17.6 Å². The highest BCUT2D eigenvalue weighted by Crippen LogP contribution is 2.38. The number of halogens is 1. The van der Waals surface area contributed by atoms with Crippen molar-refractivity contribution >= 4 is 15.9 Å². The molecule has 1 aromatic rings. The van der Waals surface area contributed by atoms with Crippen LogP contribution in [-0.2, 0) is 14.8 Å². The number of nitrogens with one attached hydrogen (secondary N) is 1. The maximum atomic E-state index is 13.4. The van der Waals surface area contributed by atoms with E-state index in [4.69, 9.17) is 0 Å². The van der Waals surface area contributed by atoms with Crippen LogP contribution in [0.4, 0.5) is 4.39 Å². The molecule has 2 heterocycles. The summed E-state index contributed by atoms with van der Waals surface area (Å²) in [6.07, 6.45) is 3.77. The predicted octanol–water partition coefficient (Wildman–Crippen LogP) is 2.04. The molecule has 2 fully saturated rings. The molecule has 0 saturated carbocycles. The number of rotatable bonds is 3. The van der Waals surface area contributed by atoms with Crippen molar-refractivity contribution in [1.29, 1.82) is 0 Å². The van der Waals surface area contributed by atoms with Crippen molar-refractivity contribution in [2.45, 2.75) is 62.0 Å². The molecule has 1 N–H and O–H groups in total. The van der Waals surface area contributed by atoms with Gasteiger partial charge >= 0.3 is 0 Å². The number of amides is 1. The van der Waals surface area contributed by atoms with Gasteiger partial charge in [-0.05, 0) is 43.9 Å². The second-order valence-corrected chi connectivity index (χ2v) is 8.24. The smallest absolute Gasteiger partial charge is 0.243 e. The van der Waals surface area contributed by atoms with Gasteiger partial charge in [0.1, 0.15) is 5.82 Å². The number of piperidine rings is 2. The van der Waals surface area contributed by atoms with E-state index in [2.05, 4.69) is 5.32 Å². The van der Waals surface area contributed by atoms with Crippen LogP contribution < -0.4 is 5.32 Å². The number of hydrogen-bond donors (Lipinski definition) is 1. The molecule has 7 heteroatoms. The quantitative estimate of drug-likeness (QED) is 0.916. The van der Waals surface area contributed by atoms with Crippen LogP contribution in [0, 0.1) is 5.82 Å². The van der Waals surface area contributed by atoms with Crippen molar-refractivity contribution in [3.63, 3.8) is 0 Å². The molecule has 2 bridgehead atoms. The van der Waals surface area contributed by atoms with Gasteiger partial charge in [0, 0.05) is 25.0 Å². The number of sulfonamides is 1. The Kier molecular flexibility index (Phi) is 4.42. The van der Waals surface area contributed by atoms with Crippen molar-refractivity contribution in [3.05, 3.63) is 30.1 Å². The summed E-state index contributed by atoms with van der Waals surface area (Å²) >= 11 is 0. The number of fused-ring (bicyclic) bond motifs is 2. The van der Waals surface area contributed by atoms with Crippen LogP contribution in [0.1, 0.15) is 39.0 Å². The molecular formula is C16H21FN2O3S. The standard InChI is InChI=1S/C16H21FN2O3S/c1-11(20)18-13-9-14-5-3-6-15(10-13)19(14)23(21,22)16-7-2-4-12(17)8-16/h2,4,7-8,13-15H,3,5-6,9-10H2,1H3,(H,18,20). The normalized spacial score (nSPS) is 28.3. The van der Waals surface area contributed by atoms with Gasteiger partial charge in [-0.15, -0.1) is 0 Å². The van der Waals surface area contributed by atoms with Gasteiger partial charge in [0.05, 0.1) is 4.90 Å². The minimum Gasteiger partial charge on any atom is -0.353 e. The van der Waals surface area contributed by atoms with Crippen molar-refractivity contribution in [1.82, 2.24) is 9.62 Å². The van der Waals surface area contributed by atoms with Crippen LogP contribution in [0.15, 0.2) is 29.2 Å². The van der Waals surface area contributed by atoms with E-state index in [1.165, 1.54) is 25.1 Å². The lowest BCUT2D eigenvalue weighted by Gasteiger charge is -2.47. The molecule has 0 radical (unpaired) electrons. The molecule has 23 heavy (non-hydrogen) atoms. The largest absolute Gasteiger partial charge is 0.353 e. The highest BCUT2D eigenvalue weighted by molar-refractivity contribution is 7.89. The Morgan fingerprint density at radius 3 is 2.48 bits per heavy atom. The monoisotopic (exact) mass is 340 g/mol. The fourth-order valence-electron chi connectivity index (χ4n) is 3.89. The molecule has 0 spiro atoms. The van der Waals surface area contributed by atoms with E-state index in [1.54, 1.807) is 4.31 Å². The Bertz CT molecular complexity index is 693. The molecule has 2 atom stereocenters. The van der Waals surface area contributed by atoms with Crippen LogP contribution in [-0.4, -0.2) is 36.8 Å². The zero-order chi connectivity index (χ0) is 16.6. The molecule has 3 rings (SSSR count). The third-order valence-corrected chi connectivity index (χ3v) is 6.69. The summed E-state index contributed by atoms with van der Waals surface area (Å²) < 4.78 is 40.9. The molecule has 126 valence electrons. The van der Waals surface area contributed by atoms with Gasteiger partial charge in [-0.3, -0.25) is 4.79 Å². The van der Waals surface area contributed by atoms with E-state index in [1.807, 2.05) is 0 Å². The van der Waals surface area contributed by atoms with E-state index in [-0.39, 0.29) is 28.9 Å². The number of hydrogen-bond acceptors (Lipinski definition) is 3. The lowest BCUT2D eigenvalue weighted by atomic mass is 9.84. The van der Waals surface area contributed by atoms with Gasteiger partial charge in [0.2, 0.25) is 15.9 Å². The van der Waals surface area contributed by atoms with Gasteiger partial charge < -0.3 is 5.32 Å². The first-order chi connectivity index (χ1) is 10.9. The van der Waals surface area contributed by atoms with E-state index >= 15 is 0 Å². The van der Waals surface area contributed by atoms with Crippen molar-refractivity contribution in [2.24, 2.45) is 0 Å². The molecule has 2 aliphatic heterocycles. The Morgan fingerprint density at radius 1 is 1.26 bits per heavy atom. The van der Waals surface area contributed by atoms with Crippen LogP contribution in [0.3, 0.4) is 0 Å². The first kappa shape index (κ1) is 16.4. The third kappa shape index (κ3) is 3.26. The summed E-state index contributed by atoms with van der Waals surface area (Å²) in [4.78, 5) is 11.3. The molecule has 2 saturated heterocycles. The van der Waals surface area contributed by atoms with E-state index in [0.717, 1.165) is 25.3 Å². The maximum absolute atomic E-state index is 13.4. The number of carbonyl (C=O) groups excluding carboxylic acids is 1. The summed E-state index contributed by atoms with van der Waals surface area (Å²) in [7, 11) is -3.72. The molecule has 2 unspecified atom stereocenters. The lowest BCUT2D eigenvalue weighted by Crippen LogP contribution is -2.58. The number of nitrogens with zero attached hydrogens (tertiary/aromatic N) is 1. The Morgan fingerprint density at radius 2 is 1.91 bits per heavy atom. The van der Waals surface area contributed by atoms with Gasteiger partial charge in [-0.2, -0.15) is 4.31 Å². The van der Waals surface area contributed by atoms with E-state index in [9.17, 15) is 17.6 Å². The van der Waals surface area contributed by atoms with Gasteiger partial charge in [0.25, 0.3) is 0 Å². The average molecular weight is 340 g/mol. The summed E-state index contributed by atoms with van der Waals surface area (Å²) in [5.41, 5.74) is 0. The highest BCUT2D eigenvalue weighted by atomic mass is 32.2. The van der Waals surface area contributed by atoms with Crippen LogP contribution in [0.2, 0.25) is 0 Å². The summed E-state index contributed by atoms with van der Waals surface area (Å²) in [6.45, 7) is 1.48. The molecule has 5 nitrogen and oxygen atoms in total. The van der Waals surface area contributed by atoms with Gasteiger partial charge in [-0.25, -0.2) is 12.8 Å². The Hall–Kier alpha value is -1.47. The fourth-order valence-corrected chi connectivity index (χ4v) is 5.81. The van der Waals surface area contributed by atoms with E-state index in [0.29, 0.717) is 12.8 Å². The highest BCUT2D eigenvalue weighted by Gasteiger charge is 2.45. The zero-order valence-corrected chi connectivity index (χ0v) is 13.9. The van der Waals surface area contributed by atoms with Crippen molar-refractivity contribution in [2.75, 3.05) is 0 Å². The molecule has 2 aliphatic rings. The van der Waals surface area contributed by atoms with Crippen LogP contribution in [0.5, 0.6) is 0 Å². The van der Waals surface area contributed by atoms with Gasteiger partial charge in [0.15, 0.2) is 0 Å². The maximum Gasteiger partial charge on any atom is 0.243 e. The molecular weight excluding hydrogens is 319 g/mol. The predicted molar refractivity (Wildman–Crippen MR) is 83.7 cm³/mol. The van der Waals surface area contributed by atoms with Gasteiger partial charge in [-0.1, -0.05) is 12.5 Å². The molecule has 1 aromatic carbocycles. The minimum absolute atomic E-state index is 0.00683. The lowest BCUT2D eigenvalue weighted by molar-refractivity contribution is -0.120. The summed E-state index contributed by atoms with van der Waals surface area (Å²) in [6, 6.07) is 4.92. The summed E-state index contributed by atoms with van der Waals surface area (Å²) in [5, 5.41) is 2.91. The molecule has 0 aromatic heterocycles. The Labute approximate surface area is 135 Å². The second kappa shape index (κ2) is 6.20. The van der Waals surface area contributed by atoms with Crippen LogP contribution in [0.25, 0.3) is 0 Å². The zero-order valence-electron chi connectivity index (χ0n) is 13.0. The Balaban J connectivity index is 1.89. The fraction of sp³-hybridized carbons (Fsp3) is 0.562. The molecule has 0 aliphatic carbocycles. The SMILES string of the molecule is CC(=O)NC1CC2CCCC(C1)N2S(=O)(=O)c1cccc(F)c1. The first-order valence-corrected chi connectivity index (χ1v) is 9.38. The minimum atomic E-state index is -3.72. The summed E-state index contributed by atoms with van der Waals surface area (Å²) in [5.74, 6) is -0.640. The van der Waals surface area contributed by atoms with Crippen molar-refractivity contribution in [3.8, 4) is 0 Å². The van der Waals surface area contributed by atoms with Crippen LogP contribution >= 0.6 is 0 Å². The number of benzene rings is 1.